The van der Waals surface area contributed by atoms with E-state index in [4.69, 9.17) is 4.74 Å². The Bertz CT molecular complexity index is 993. The van der Waals surface area contributed by atoms with E-state index in [1.165, 1.54) is 0 Å². The van der Waals surface area contributed by atoms with Gasteiger partial charge < -0.3 is 19.5 Å². The number of nitrogens with zero attached hydrogens (tertiary/aromatic N) is 3. The number of rotatable bonds is 5. The van der Waals surface area contributed by atoms with Gasteiger partial charge in [0.2, 0.25) is 5.91 Å². The summed E-state index contributed by atoms with van der Waals surface area (Å²) in [6.45, 7) is 2.98. The summed E-state index contributed by atoms with van der Waals surface area (Å²) >= 11 is 0. The Hall–Kier alpha value is -3.19. The van der Waals surface area contributed by atoms with Crippen molar-refractivity contribution in [2.45, 2.75) is 5.92 Å². The summed E-state index contributed by atoms with van der Waals surface area (Å²) in [7, 11) is 2.05. The van der Waals surface area contributed by atoms with Crippen LogP contribution in [0.1, 0.15) is 21.8 Å². The van der Waals surface area contributed by atoms with Gasteiger partial charge in [0.05, 0.1) is 11.5 Å². The van der Waals surface area contributed by atoms with Crippen LogP contribution in [-0.4, -0.2) is 71.5 Å². The number of pyridine rings is 1. The van der Waals surface area contributed by atoms with Crippen LogP contribution in [0.2, 0.25) is 0 Å². The predicted octanol–water partition coefficient (Wildman–Crippen LogP) is 2.28. The molecule has 0 bridgehead atoms. The number of hydrogen-bond acceptors (Lipinski definition) is 5. The molecule has 1 unspecified atom stereocenters. The normalized spacial score (nSPS) is 16.0. The average Bonchev–Trinajstić information content (AvgIpc) is 3.19. The Morgan fingerprint density at radius 3 is 2.62 bits per heavy atom. The first-order chi connectivity index (χ1) is 14.1. The second-order valence-corrected chi connectivity index (χ2v) is 7.29. The van der Waals surface area contributed by atoms with E-state index in [0.717, 1.165) is 24.0 Å². The lowest BCUT2D eigenvalue weighted by Crippen LogP contribution is -2.49. The van der Waals surface area contributed by atoms with Crippen LogP contribution in [-0.2, 0) is 9.53 Å². The number of benzene rings is 1. The summed E-state index contributed by atoms with van der Waals surface area (Å²) in [4.78, 5) is 37.3. The molecule has 1 amide bonds. The molecule has 1 aliphatic heterocycles. The molecule has 1 aliphatic rings. The lowest BCUT2D eigenvalue weighted by Gasteiger charge is -2.34. The van der Waals surface area contributed by atoms with E-state index in [-0.39, 0.29) is 12.5 Å². The molecule has 3 aromatic rings. The lowest BCUT2D eigenvalue weighted by molar-refractivity contribution is -0.135. The topological polar surface area (TPSA) is 78.5 Å². The van der Waals surface area contributed by atoms with E-state index < -0.39 is 11.9 Å². The number of aromatic nitrogens is 2. The van der Waals surface area contributed by atoms with Crippen LogP contribution in [0, 0.1) is 0 Å². The fourth-order valence-electron chi connectivity index (χ4n) is 3.62. The molecule has 1 saturated heterocycles. The van der Waals surface area contributed by atoms with Crippen molar-refractivity contribution in [2.24, 2.45) is 0 Å². The second kappa shape index (κ2) is 8.45. The zero-order chi connectivity index (χ0) is 20.2. The minimum atomic E-state index is -0.580. The Morgan fingerprint density at radius 2 is 1.86 bits per heavy atom. The van der Waals surface area contributed by atoms with Crippen molar-refractivity contribution in [1.82, 2.24) is 19.8 Å². The molecule has 0 spiro atoms. The summed E-state index contributed by atoms with van der Waals surface area (Å²) in [5, 5.41) is 0.871. The molecule has 0 saturated carbocycles. The summed E-state index contributed by atoms with van der Waals surface area (Å²) < 4.78 is 5.56. The van der Waals surface area contributed by atoms with Crippen molar-refractivity contribution in [3.05, 3.63) is 66.0 Å². The monoisotopic (exact) mass is 392 g/mol. The molecule has 0 radical (unpaired) electrons. The molecular weight excluding hydrogens is 368 g/mol. The number of esters is 1. The Balaban J connectivity index is 1.58. The number of nitrogens with one attached hydrogen (secondary N) is 1. The van der Waals surface area contributed by atoms with Gasteiger partial charge in [0.1, 0.15) is 12.3 Å². The summed E-state index contributed by atoms with van der Waals surface area (Å²) in [5.41, 5.74) is 1.99. The second-order valence-electron chi connectivity index (χ2n) is 7.29. The van der Waals surface area contributed by atoms with Crippen molar-refractivity contribution in [2.75, 3.05) is 39.8 Å². The third kappa shape index (κ3) is 4.14. The largest absolute Gasteiger partial charge is 0.461 e. The third-order valence-corrected chi connectivity index (χ3v) is 5.36. The van der Waals surface area contributed by atoms with Crippen LogP contribution in [0.15, 0.2) is 54.9 Å². The molecule has 1 N–H and O–H groups in total. The summed E-state index contributed by atoms with van der Waals surface area (Å²) in [5.74, 6) is -1.03. The number of amides is 1. The van der Waals surface area contributed by atoms with Gasteiger partial charge in [0, 0.05) is 44.0 Å². The quantitative estimate of drug-likeness (QED) is 0.674. The highest BCUT2D eigenvalue weighted by Gasteiger charge is 2.31. The molecular formula is C22H24N4O3. The van der Waals surface area contributed by atoms with Crippen LogP contribution in [0.3, 0.4) is 0 Å². The fourth-order valence-corrected chi connectivity index (χ4v) is 3.62. The number of carbonyl (C=O) groups is 2. The maximum Gasteiger partial charge on any atom is 0.338 e. The standard InChI is InChI=1S/C22H24N4O3/c1-25-10-12-26(13-11-25)21(27)19(15-29-22(28)16-6-3-2-4-7-16)18-14-24-20-17(18)8-5-9-23-20/h2-9,14,19H,10-13,15H2,1H3,(H,23,24). The van der Waals surface area contributed by atoms with Crippen molar-refractivity contribution in [3.8, 4) is 0 Å². The minimum absolute atomic E-state index is 0.0131. The van der Waals surface area contributed by atoms with Gasteiger partial charge in [-0.05, 0) is 36.9 Å². The van der Waals surface area contributed by atoms with Crippen LogP contribution in [0.5, 0.6) is 0 Å². The molecule has 4 rings (SSSR count). The molecule has 0 aliphatic carbocycles. The van der Waals surface area contributed by atoms with E-state index in [1.54, 1.807) is 36.7 Å². The predicted molar refractivity (Wildman–Crippen MR) is 110 cm³/mol. The van der Waals surface area contributed by atoms with Crippen molar-refractivity contribution >= 4 is 22.9 Å². The number of hydrogen-bond donors (Lipinski definition) is 1. The van der Waals surface area contributed by atoms with Gasteiger partial charge >= 0.3 is 5.97 Å². The van der Waals surface area contributed by atoms with Gasteiger partial charge in [-0.2, -0.15) is 0 Å². The SMILES string of the molecule is CN1CCN(C(=O)C(COC(=O)c2ccccc2)c2c[nH]c3ncccc23)CC1. The van der Waals surface area contributed by atoms with Crippen LogP contribution < -0.4 is 0 Å². The van der Waals surface area contributed by atoms with Gasteiger partial charge in [0.15, 0.2) is 0 Å². The Morgan fingerprint density at radius 1 is 1.10 bits per heavy atom. The Kier molecular flexibility index (Phi) is 5.57. The summed E-state index contributed by atoms with van der Waals surface area (Å²) in [6, 6.07) is 12.6. The first-order valence-corrected chi connectivity index (χ1v) is 9.75. The fraction of sp³-hybridized carbons (Fsp3) is 0.318. The zero-order valence-corrected chi connectivity index (χ0v) is 16.4. The molecule has 7 nitrogen and oxygen atoms in total. The zero-order valence-electron chi connectivity index (χ0n) is 16.4. The molecule has 1 atom stereocenters. The molecule has 150 valence electrons. The van der Waals surface area contributed by atoms with Gasteiger partial charge in [0.25, 0.3) is 0 Å². The molecule has 29 heavy (non-hydrogen) atoms. The number of aromatic amines is 1. The number of H-pyrrole nitrogens is 1. The first kappa shape index (κ1) is 19.1. The number of carbonyl (C=O) groups excluding carboxylic acids is 2. The van der Waals surface area contributed by atoms with Gasteiger partial charge in [-0.25, -0.2) is 9.78 Å². The number of fused-ring (bicyclic) bond motifs is 1. The maximum atomic E-state index is 13.4. The first-order valence-electron chi connectivity index (χ1n) is 9.75. The highest BCUT2D eigenvalue weighted by Crippen LogP contribution is 2.27. The molecule has 7 heteroatoms. The van der Waals surface area contributed by atoms with E-state index in [9.17, 15) is 9.59 Å². The highest BCUT2D eigenvalue weighted by atomic mass is 16.5. The van der Waals surface area contributed by atoms with Crippen LogP contribution in [0.25, 0.3) is 11.0 Å². The number of piperazine rings is 1. The van der Waals surface area contributed by atoms with Gasteiger partial charge in [-0.1, -0.05) is 18.2 Å². The number of ether oxygens (including phenoxy) is 1. The third-order valence-electron chi connectivity index (χ3n) is 5.36. The lowest BCUT2D eigenvalue weighted by atomic mass is 9.98. The van der Waals surface area contributed by atoms with Crippen LogP contribution in [0.4, 0.5) is 0 Å². The van der Waals surface area contributed by atoms with E-state index >= 15 is 0 Å². The Labute approximate surface area is 169 Å². The minimum Gasteiger partial charge on any atom is -0.461 e. The highest BCUT2D eigenvalue weighted by molar-refractivity contribution is 5.92. The van der Waals surface area contributed by atoms with Crippen molar-refractivity contribution in [1.29, 1.82) is 0 Å². The maximum absolute atomic E-state index is 13.4. The van der Waals surface area contributed by atoms with Crippen LogP contribution >= 0.6 is 0 Å². The van der Waals surface area contributed by atoms with Gasteiger partial charge in [-0.3, -0.25) is 4.79 Å². The average molecular weight is 392 g/mol. The number of likely N-dealkylation sites (N-methyl/N-ethyl adjacent to an activating group) is 1. The van der Waals surface area contributed by atoms with Crippen molar-refractivity contribution in [3.63, 3.8) is 0 Å². The molecule has 2 aromatic heterocycles. The van der Waals surface area contributed by atoms with Gasteiger partial charge in [-0.15, -0.1) is 0 Å². The van der Waals surface area contributed by atoms with E-state index in [2.05, 4.69) is 14.9 Å². The molecule has 3 heterocycles. The molecule has 1 fully saturated rings. The van der Waals surface area contributed by atoms with E-state index in [0.29, 0.717) is 24.3 Å². The molecule has 1 aromatic carbocycles. The van der Waals surface area contributed by atoms with Crippen molar-refractivity contribution < 1.29 is 14.3 Å². The summed E-state index contributed by atoms with van der Waals surface area (Å²) in [6.07, 6.45) is 3.50. The van der Waals surface area contributed by atoms with E-state index in [1.807, 2.05) is 30.1 Å². The smallest absolute Gasteiger partial charge is 0.338 e.